The summed E-state index contributed by atoms with van der Waals surface area (Å²) in [7, 11) is 0. The van der Waals surface area contributed by atoms with Gasteiger partial charge in [0.2, 0.25) is 11.7 Å². The molecule has 1 heterocycles. The van der Waals surface area contributed by atoms with Crippen molar-refractivity contribution in [3.63, 3.8) is 0 Å². The molecular formula is C16H26N2O3. The van der Waals surface area contributed by atoms with Gasteiger partial charge in [-0.25, -0.2) is 0 Å². The van der Waals surface area contributed by atoms with Crippen molar-refractivity contribution in [3.8, 4) is 0 Å². The van der Waals surface area contributed by atoms with Gasteiger partial charge in [-0.15, -0.1) is 0 Å². The van der Waals surface area contributed by atoms with E-state index in [4.69, 9.17) is 9.26 Å². The van der Waals surface area contributed by atoms with Gasteiger partial charge in [-0.2, -0.15) is 4.98 Å². The van der Waals surface area contributed by atoms with Crippen LogP contribution >= 0.6 is 0 Å². The minimum absolute atomic E-state index is 0.0650. The van der Waals surface area contributed by atoms with Crippen LogP contribution in [0.25, 0.3) is 0 Å². The topological polar surface area (TPSA) is 65.2 Å². The molecule has 1 aromatic rings. The van der Waals surface area contributed by atoms with Crippen LogP contribution in [0.15, 0.2) is 4.52 Å². The number of nitrogens with zero attached hydrogens (tertiary/aromatic N) is 2. The van der Waals surface area contributed by atoms with E-state index < -0.39 is 5.60 Å². The van der Waals surface area contributed by atoms with Crippen LogP contribution in [-0.4, -0.2) is 22.5 Å². The van der Waals surface area contributed by atoms with Crippen LogP contribution in [0.4, 0.5) is 0 Å². The molecule has 0 aromatic carbocycles. The monoisotopic (exact) mass is 294 g/mol. The van der Waals surface area contributed by atoms with Crippen LogP contribution < -0.4 is 0 Å². The Morgan fingerprint density at radius 3 is 2.86 bits per heavy atom. The fourth-order valence-corrected chi connectivity index (χ4v) is 3.38. The molecule has 2 rings (SSSR count). The summed E-state index contributed by atoms with van der Waals surface area (Å²) in [5, 5.41) is 4.15. The van der Waals surface area contributed by atoms with Gasteiger partial charge < -0.3 is 9.26 Å². The smallest absolute Gasteiger partial charge is 0.237 e. The number of hydrogen-bond acceptors (Lipinski definition) is 5. The second-order valence-corrected chi connectivity index (χ2v) is 6.16. The molecule has 1 aromatic heterocycles. The summed E-state index contributed by atoms with van der Waals surface area (Å²) in [5.74, 6) is 1.39. The van der Waals surface area contributed by atoms with Gasteiger partial charge in [0, 0.05) is 6.61 Å². The SMILES string of the molecule is CCOC1(c2noc(C(CC)C(C)=O)n2)CCCC(C)C1. The predicted octanol–water partition coefficient (Wildman–Crippen LogP) is 3.59. The Kier molecular flexibility index (Phi) is 5.14. The molecule has 21 heavy (non-hydrogen) atoms. The van der Waals surface area contributed by atoms with Crippen LogP contribution in [0.1, 0.15) is 77.4 Å². The summed E-state index contributed by atoms with van der Waals surface area (Å²) in [4.78, 5) is 16.2. The summed E-state index contributed by atoms with van der Waals surface area (Å²) in [5.41, 5.74) is -0.441. The molecule has 0 N–H and O–H groups in total. The lowest BCUT2D eigenvalue weighted by Crippen LogP contribution is -2.36. The Hall–Kier alpha value is -1.23. The van der Waals surface area contributed by atoms with E-state index in [-0.39, 0.29) is 11.7 Å². The maximum absolute atomic E-state index is 11.7. The molecule has 0 radical (unpaired) electrons. The molecule has 0 amide bonds. The van der Waals surface area contributed by atoms with Gasteiger partial charge in [0.1, 0.15) is 11.4 Å². The normalized spacial score (nSPS) is 27.5. The first-order valence-electron chi connectivity index (χ1n) is 8.01. The maximum atomic E-state index is 11.7. The van der Waals surface area contributed by atoms with Crippen molar-refractivity contribution >= 4 is 5.78 Å². The van der Waals surface area contributed by atoms with E-state index in [9.17, 15) is 4.79 Å². The highest BCUT2D eigenvalue weighted by atomic mass is 16.5. The molecule has 5 heteroatoms. The predicted molar refractivity (Wildman–Crippen MR) is 78.9 cm³/mol. The summed E-state index contributed by atoms with van der Waals surface area (Å²) in [6.45, 7) is 8.38. The third-order valence-corrected chi connectivity index (χ3v) is 4.42. The molecule has 5 nitrogen and oxygen atoms in total. The highest BCUT2D eigenvalue weighted by Gasteiger charge is 2.42. The molecule has 0 spiro atoms. The molecule has 0 bridgehead atoms. The first-order valence-corrected chi connectivity index (χ1v) is 8.01. The molecule has 3 unspecified atom stereocenters. The summed E-state index contributed by atoms with van der Waals surface area (Å²) in [6, 6.07) is 0. The Labute approximate surface area is 126 Å². The zero-order valence-electron chi connectivity index (χ0n) is 13.5. The quantitative estimate of drug-likeness (QED) is 0.802. The number of carbonyl (C=O) groups is 1. The zero-order valence-corrected chi connectivity index (χ0v) is 13.5. The van der Waals surface area contributed by atoms with E-state index in [1.807, 2.05) is 13.8 Å². The first-order chi connectivity index (χ1) is 10.0. The van der Waals surface area contributed by atoms with E-state index in [0.717, 1.165) is 19.3 Å². The number of rotatable bonds is 6. The fraction of sp³-hybridized carbons (Fsp3) is 0.812. The minimum atomic E-state index is -0.441. The number of carbonyl (C=O) groups excluding carboxylic acids is 1. The van der Waals surface area contributed by atoms with E-state index in [0.29, 0.717) is 30.7 Å². The van der Waals surface area contributed by atoms with Crippen molar-refractivity contribution in [2.75, 3.05) is 6.61 Å². The van der Waals surface area contributed by atoms with Crippen molar-refractivity contribution < 1.29 is 14.1 Å². The molecule has 3 atom stereocenters. The molecule has 1 aliphatic rings. The number of Topliss-reactive ketones (excluding diaryl/α,β-unsaturated/α-hetero) is 1. The van der Waals surface area contributed by atoms with Crippen molar-refractivity contribution in [2.45, 2.75) is 71.3 Å². The third-order valence-electron chi connectivity index (χ3n) is 4.42. The average Bonchev–Trinajstić information content (AvgIpc) is 2.89. The summed E-state index contributed by atoms with van der Waals surface area (Å²) in [6.07, 6.45) is 4.83. The van der Waals surface area contributed by atoms with Gasteiger partial charge in [-0.1, -0.05) is 25.4 Å². The fourth-order valence-electron chi connectivity index (χ4n) is 3.38. The summed E-state index contributed by atoms with van der Waals surface area (Å²) < 4.78 is 11.4. The Morgan fingerprint density at radius 2 is 2.29 bits per heavy atom. The maximum Gasteiger partial charge on any atom is 0.237 e. The molecule has 1 saturated carbocycles. The van der Waals surface area contributed by atoms with Crippen LogP contribution in [0.2, 0.25) is 0 Å². The van der Waals surface area contributed by atoms with Gasteiger partial charge in [0.25, 0.3) is 0 Å². The van der Waals surface area contributed by atoms with Crippen molar-refractivity contribution in [1.82, 2.24) is 10.1 Å². The second-order valence-electron chi connectivity index (χ2n) is 6.16. The van der Waals surface area contributed by atoms with Crippen LogP contribution in [0.3, 0.4) is 0 Å². The zero-order chi connectivity index (χ0) is 15.5. The van der Waals surface area contributed by atoms with Crippen molar-refractivity contribution in [3.05, 3.63) is 11.7 Å². The van der Waals surface area contributed by atoms with Crippen LogP contribution in [0, 0.1) is 5.92 Å². The van der Waals surface area contributed by atoms with Gasteiger partial charge in [0.05, 0.1) is 5.92 Å². The second kappa shape index (κ2) is 6.69. The van der Waals surface area contributed by atoms with Gasteiger partial charge in [0.15, 0.2) is 0 Å². The third kappa shape index (κ3) is 3.34. The lowest BCUT2D eigenvalue weighted by atomic mass is 9.78. The van der Waals surface area contributed by atoms with Crippen LogP contribution in [-0.2, 0) is 15.1 Å². The number of aromatic nitrogens is 2. The molecule has 1 fully saturated rings. The highest BCUT2D eigenvalue weighted by molar-refractivity contribution is 5.82. The molecule has 0 aliphatic heterocycles. The molecule has 118 valence electrons. The number of ketones is 1. The first kappa shape index (κ1) is 16.1. The lowest BCUT2D eigenvalue weighted by Gasteiger charge is -2.37. The van der Waals surface area contributed by atoms with E-state index in [2.05, 4.69) is 17.1 Å². The Balaban J connectivity index is 2.29. The van der Waals surface area contributed by atoms with Gasteiger partial charge >= 0.3 is 0 Å². The highest BCUT2D eigenvalue weighted by Crippen LogP contribution is 2.42. The largest absolute Gasteiger partial charge is 0.367 e. The van der Waals surface area contributed by atoms with E-state index in [1.54, 1.807) is 6.92 Å². The van der Waals surface area contributed by atoms with Crippen molar-refractivity contribution in [2.24, 2.45) is 5.92 Å². The Morgan fingerprint density at radius 1 is 1.52 bits per heavy atom. The van der Waals surface area contributed by atoms with Gasteiger partial charge in [-0.3, -0.25) is 4.79 Å². The minimum Gasteiger partial charge on any atom is -0.367 e. The summed E-state index contributed by atoms with van der Waals surface area (Å²) >= 11 is 0. The van der Waals surface area contributed by atoms with Gasteiger partial charge in [-0.05, 0) is 45.4 Å². The van der Waals surface area contributed by atoms with E-state index in [1.165, 1.54) is 6.42 Å². The van der Waals surface area contributed by atoms with Crippen LogP contribution in [0.5, 0.6) is 0 Å². The van der Waals surface area contributed by atoms with E-state index >= 15 is 0 Å². The number of hydrogen-bond donors (Lipinski definition) is 0. The van der Waals surface area contributed by atoms with Crippen molar-refractivity contribution in [1.29, 1.82) is 0 Å². The number of ether oxygens (including phenoxy) is 1. The standard InChI is InChI=1S/C16H26N2O3/c1-5-13(12(4)19)14-17-15(18-21-14)16(20-6-2)9-7-8-11(3)10-16/h11,13H,5-10H2,1-4H3. The molecule has 0 saturated heterocycles. The Bertz CT molecular complexity index is 482. The lowest BCUT2D eigenvalue weighted by molar-refractivity contribution is -0.119. The average molecular weight is 294 g/mol. The molecule has 1 aliphatic carbocycles. The molecular weight excluding hydrogens is 268 g/mol.